The normalized spacial score (nSPS) is 15.5. The Balaban J connectivity index is 1.48. The zero-order valence-corrected chi connectivity index (χ0v) is 18.2. The molecule has 0 radical (unpaired) electrons. The summed E-state index contributed by atoms with van der Waals surface area (Å²) in [4.78, 5) is 38.6. The first-order valence-corrected chi connectivity index (χ1v) is 10.6. The summed E-state index contributed by atoms with van der Waals surface area (Å²) >= 11 is 0. The number of para-hydroxylation sites is 1. The molecule has 1 aliphatic rings. The van der Waals surface area contributed by atoms with Gasteiger partial charge in [0.05, 0.1) is 35.8 Å². The van der Waals surface area contributed by atoms with E-state index in [4.69, 9.17) is 4.74 Å². The van der Waals surface area contributed by atoms with Crippen molar-refractivity contribution in [2.75, 3.05) is 23.4 Å². The summed E-state index contributed by atoms with van der Waals surface area (Å²) in [6.07, 6.45) is 1.45. The van der Waals surface area contributed by atoms with Crippen LogP contribution in [0.2, 0.25) is 0 Å². The van der Waals surface area contributed by atoms with Crippen molar-refractivity contribution in [3.05, 3.63) is 71.8 Å². The maximum absolute atomic E-state index is 14.1. The number of aromatic nitrogens is 2. The number of carbonyl (C=O) groups is 3. The standard InChI is InChI=1S/C24H23FN4O4/c1-3-33-24(32)19-13-26-29(15(19)2)18-8-6-7-17(12-18)27-23(31)16-11-22(30)28(14-16)21-10-5-4-9-20(21)25/h4-10,12-13,16H,3,11,14H2,1-2H3,(H,27,31). The Morgan fingerprint density at radius 2 is 2.00 bits per heavy atom. The van der Waals surface area contributed by atoms with Gasteiger partial charge in [0.2, 0.25) is 11.8 Å². The molecule has 1 aromatic heterocycles. The third-order valence-corrected chi connectivity index (χ3v) is 5.50. The van der Waals surface area contributed by atoms with Crippen LogP contribution < -0.4 is 10.2 Å². The number of rotatable bonds is 6. The highest BCUT2D eigenvalue weighted by Crippen LogP contribution is 2.28. The maximum atomic E-state index is 14.1. The number of hydrogen-bond donors (Lipinski definition) is 1. The van der Waals surface area contributed by atoms with Gasteiger partial charge in [-0.3, -0.25) is 9.59 Å². The highest BCUT2D eigenvalue weighted by atomic mass is 19.1. The highest BCUT2D eigenvalue weighted by molar-refractivity contribution is 6.03. The third kappa shape index (κ3) is 4.48. The molecule has 0 aliphatic carbocycles. The van der Waals surface area contributed by atoms with Crippen LogP contribution in [0.15, 0.2) is 54.7 Å². The van der Waals surface area contributed by atoms with Crippen LogP contribution >= 0.6 is 0 Å². The van der Waals surface area contributed by atoms with E-state index in [2.05, 4.69) is 10.4 Å². The number of nitrogens with one attached hydrogen (secondary N) is 1. The minimum absolute atomic E-state index is 0.00101. The molecule has 33 heavy (non-hydrogen) atoms. The van der Waals surface area contributed by atoms with Gasteiger partial charge in [-0.25, -0.2) is 13.9 Å². The van der Waals surface area contributed by atoms with Gasteiger partial charge in [-0.1, -0.05) is 18.2 Å². The molecule has 0 spiro atoms. The van der Waals surface area contributed by atoms with Crippen molar-refractivity contribution in [3.63, 3.8) is 0 Å². The van der Waals surface area contributed by atoms with Gasteiger partial charge >= 0.3 is 5.97 Å². The van der Waals surface area contributed by atoms with E-state index in [0.717, 1.165) is 0 Å². The number of hydrogen-bond acceptors (Lipinski definition) is 5. The SMILES string of the molecule is CCOC(=O)c1cnn(-c2cccc(NC(=O)C3CC(=O)N(c4ccccc4F)C3)c2)c1C. The molecular formula is C24H23FN4O4. The van der Waals surface area contributed by atoms with Gasteiger partial charge < -0.3 is 15.0 Å². The number of nitrogens with zero attached hydrogens (tertiary/aromatic N) is 3. The van der Waals surface area contributed by atoms with Gasteiger partial charge in [0, 0.05) is 18.7 Å². The van der Waals surface area contributed by atoms with Crippen LogP contribution in [0.1, 0.15) is 29.4 Å². The molecule has 1 atom stereocenters. The lowest BCUT2D eigenvalue weighted by Crippen LogP contribution is -2.28. The lowest BCUT2D eigenvalue weighted by molar-refractivity contribution is -0.122. The first-order valence-electron chi connectivity index (χ1n) is 10.6. The Kier molecular flexibility index (Phi) is 6.21. The van der Waals surface area contributed by atoms with E-state index < -0.39 is 17.7 Å². The monoisotopic (exact) mass is 450 g/mol. The quantitative estimate of drug-likeness (QED) is 0.581. The molecule has 1 N–H and O–H groups in total. The van der Waals surface area contributed by atoms with Crippen molar-refractivity contribution in [2.24, 2.45) is 5.92 Å². The first kappa shape index (κ1) is 22.2. The van der Waals surface area contributed by atoms with Crippen LogP contribution in [-0.4, -0.2) is 40.7 Å². The fourth-order valence-electron chi connectivity index (χ4n) is 3.83. The zero-order chi connectivity index (χ0) is 23.5. The van der Waals surface area contributed by atoms with Crippen LogP contribution in [0, 0.1) is 18.7 Å². The largest absolute Gasteiger partial charge is 0.462 e. The second kappa shape index (κ2) is 9.23. The Morgan fingerprint density at radius 3 is 2.76 bits per heavy atom. The molecule has 2 amide bonds. The van der Waals surface area contributed by atoms with Crippen LogP contribution in [0.4, 0.5) is 15.8 Å². The average Bonchev–Trinajstić information content (AvgIpc) is 3.37. The predicted molar refractivity (Wildman–Crippen MR) is 120 cm³/mol. The summed E-state index contributed by atoms with van der Waals surface area (Å²) < 4.78 is 20.7. The van der Waals surface area contributed by atoms with Gasteiger partial charge in [-0.05, 0) is 44.2 Å². The number of ether oxygens (including phenoxy) is 1. The summed E-state index contributed by atoms with van der Waals surface area (Å²) in [5.74, 6) is -2.19. The van der Waals surface area contributed by atoms with Crippen molar-refractivity contribution in [1.29, 1.82) is 0 Å². The summed E-state index contributed by atoms with van der Waals surface area (Å²) in [5, 5.41) is 7.09. The number of halogens is 1. The maximum Gasteiger partial charge on any atom is 0.341 e. The summed E-state index contributed by atoms with van der Waals surface area (Å²) in [6.45, 7) is 3.86. The molecule has 4 rings (SSSR count). The van der Waals surface area contributed by atoms with Gasteiger partial charge in [0.25, 0.3) is 0 Å². The molecule has 1 unspecified atom stereocenters. The first-order chi connectivity index (χ1) is 15.9. The van der Waals surface area contributed by atoms with Crippen LogP contribution in [-0.2, 0) is 14.3 Å². The molecular weight excluding hydrogens is 427 g/mol. The number of esters is 1. The second-order valence-electron chi connectivity index (χ2n) is 7.67. The number of amides is 2. The summed E-state index contributed by atoms with van der Waals surface area (Å²) in [7, 11) is 0. The molecule has 1 fully saturated rings. The molecule has 2 aromatic carbocycles. The predicted octanol–water partition coefficient (Wildman–Crippen LogP) is 3.49. The second-order valence-corrected chi connectivity index (χ2v) is 7.67. The Morgan fingerprint density at radius 1 is 1.21 bits per heavy atom. The highest BCUT2D eigenvalue weighted by Gasteiger charge is 2.36. The van der Waals surface area contributed by atoms with Crippen molar-refractivity contribution in [1.82, 2.24) is 9.78 Å². The smallest absolute Gasteiger partial charge is 0.341 e. The minimum Gasteiger partial charge on any atom is -0.462 e. The molecule has 9 heteroatoms. The molecule has 3 aromatic rings. The summed E-state index contributed by atoms with van der Waals surface area (Å²) in [6, 6.07) is 13.0. The van der Waals surface area contributed by atoms with Gasteiger partial charge in [-0.15, -0.1) is 0 Å². The lowest BCUT2D eigenvalue weighted by Gasteiger charge is -2.17. The Hall–Kier alpha value is -4.01. The van der Waals surface area contributed by atoms with E-state index in [1.54, 1.807) is 54.9 Å². The molecule has 0 saturated carbocycles. The van der Waals surface area contributed by atoms with Gasteiger partial charge in [0.1, 0.15) is 11.4 Å². The molecule has 170 valence electrons. The molecule has 0 bridgehead atoms. The van der Waals surface area contributed by atoms with E-state index in [9.17, 15) is 18.8 Å². The Bertz CT molecular complexity index is 1220. The van der Waals surface area contributed by atoms with E-state index in [0.29, 0.717) is 22.6 Å². The summed E-state index contributed by atoms with van der Waals surface area (Å²) in [5.41, 5.74) is 2.31. The molecule has 8 nitrogen and oxygen atoms in total. The fourth-order valence-corrected chi connectivity index (χ4v) is 3.83. The van der Waals surface area contributed by atoms with Gasteiger partial charge in [-0.2, -0.15) is 5.10 Å². The van der Waals surface area contributed by atoms with Crippen molar-refractivity contribution in [2.45, 2.75) is 20.3 Å². The van der Waals surface area contributed by atoms with Crippen LogP contribution in [0.5, 0.6) is 0 Å². The van der Waals surface area contributed by atoms with Crippen LogP contribution in [0.25, 0.3) is 5.69 Å². The van der Waals surface area contributed by atoms with E-state index >= 15 is 0 Å². The van der Waals surface area contributed by atoms with Crippen molar-refractivity contribution >= 4 is 29.2 Å². The molecule has 2 heterocycles. The third-order valence-electron chi connectivity index (χ3n) is 5.50. The minimum atomic E-state index is -0.609. The van der Waals surface area contributed by atoms with E-state index in [1.807, 2.05) is 0 Å². The van der Waals surface area contributed by atoms with E-state index in [-0.39, 0.29) is 37.1 Å². The average molecular weight is 450 g/mol. The number of anilines is 2. The molecule has 1 saturated heterocycles. The van der Waals surface area contributed by atoms with Crippen LogP contribution in [0.3, 0.4) is 0 Å². The fraction of sp³-hybridized carbons (Fsp3) is 0.250. The Labute approximate surface area is 190 Å². The van der Waals surface area contributed by atoms with Crippen molar-refractivity contribution < 1.29 is 23.5 Å². The lowest BCUT2D eigenvalue weighted by atomic mass is 10.1. The number of carbonyl (C=O) groups excluding carboxylic acids is 3. The van der Waals surface area contributed by atoms with Gasteiger partial charge in [0.15, 0.2) is 0 Å². The zero-order valence-electron chi connectivity index (χ0n) is 18.2. The topological polar surface area (TPSA) is 93.5 Å². The van der Waals surface area contributed by atoms with Crippen molar-refractivity contribution in [3.8, 4) is 5.69 Å². The number of benzene rings is 2. The molecule has 1 aliphatic heterocycles. The van der Waals surface area contributed by atoms with E-state index in [1.165, 1.54) is 23.2 Å².